The quantitative estimate of drug-likeness (QED) is 0.647. The molecule has 1 unspecified atom stereocenters. The molecule has 0 aromatic heterocycles. The highest BCUT2D eigenvalue weighted by atomic mass is 32.2. The maximum absolute atomic E-state index is 13.8. The van der Waals surface area contributed by atoms with Crippen molar-refractivity contribution >= 4 is 15.9 Å². The van der Waals surface area contributed by atoms with Crippen LogP contribution in [0.25, 0.3) is 0 Å². The number of rotatable bonds is 8. The van der Waals surface area contributed by atoms with E-state index >= 15 is 0 Å². The van der Waals surface area contributed by atoms with Gasteiger partial charge in [-0.05, 0) is 48.7 Å². The van der Waals surface area contributed by atoms with Crippen LogP contribution in [0.15, 0.2) is 53.4 Å². The zero-order chi connectivity index (χ0) is 21.8. The van der Waals surface area contributed by atoms with E-state index in [1.807, 2.05) is 6.07 Å². The van der Waals surface area contributed by atoms with Gasteiger partial charge in [-0.25, -0.2) is 17.5 Å². The normalized spacial score (nSPS) is 18.5. The molecule has 0 bridgehead atoms. The summed E-state index contributed by atoms with van der Waals surface area (Å²) in [5.41, 5.74) is 1.03. The molecule has 1 heterocycles. The number of sulfonamides is 1. The highest BCUT2D eigenvalue weighted by Crippen LogP contribution is 2.24. The van der Waals surface area contributed by atoms with Crippen LogP contribution in [0.1, 0.15) is 34.8 Å². The first-order chi connectivity index (χ1) is 14.9. The van der Waals surface area contributed by atoms with Crippen molar-refractivity contribution in [3.63, 3.8) is 0 Å². The molecule has 2 aliphatic rings. The van der Waals surface area contributed by atoms with Gasteiger partial charge in [-0.15, -0.1) is 0 Å². The molecule has 1 atom stereocenters. The monoisotopic (exact) mass is 447 g/mol. The standard InChI is InChI=1S/C22H26FN3O4S/c23-18-5-1-3-16(13-18)21(26-9-11-30-12-10-26)15-24-22(27)17-4-2-6-20(14-17)31(28,29)25-19-7-8-19/h1-6,13-14,19,21,25H,7-12,15H2,(H,24,27). The van der Waals surface area contributed by atoms with Crippen molar-refractivity contribution in [2.45, 2.75) is 29.8 Å². The van der Waals surface area contributed by atoms with Gasteiger partial charge in [0, 0.05) is 31.2 Å². The Morgan fingerprint density at radius 2 is 1.87 bits per heavy atom. The van der Waals surface area contributed by atoms with E-state index in [1.54, 1.807) is 18.2 Å². The minimum atomic E-state index is -3.64. The zero-order valence-corrected chi connectivity index (χ0v) is 17.9. The molecule has 2 N–H and O–H groups in total. The Morgan fingerprint density at radius 3 is 2.58 bits per heavy atom. The van der Waals surface area contributed by atoms with Crippen molar-refractivity contribution in [2.24, 2.45) is 0 Å². The Hall–Kier alpha value is -2.33. The summed E-state index contributed by atoms with van der Waals surface area (Å²) in [6, 6.07) is 12.1. The summed E-state index contributed by atoms with van der Waals surface area (Å²) in [6.07, 6.45) is 1.67. The maximum Gasteiger partial charge on any atom is 0.251 e. The predicted molar refractivity (Wildman–Crippen MR) is 114 cm³/mol. The van der Waals surface area contributed by atoms with Crippen LogP contribution in [0.3, 0.4) is 0 Å². The van der Waals surface area contributed by atoms with Crippen LogP contribution >= 0.6 is 0 Å². The molecule has 1 saturated carbocycles. The van der Waals surface area contributed by atoms with E-state index in [0.717, 1.165) is 18.4 Å². The lowest BCUT2D eigenvalue weighted by molar-refractivity contribution is 0.0162. The van der Waals surface area contributed by atoms with Crippen LogP contribution in [0.5, 0.6) is 0 Å². The molecule has 2 aromatic rings. The van der Waals surface area contributed by atoms with Crippen molar-refractivity contribution in [3.8, 4) is 0 Å². The van der Waals surface area contributed by atoms with Gasteiger partial charge in [0.15, 0.2) is 0 Å². The lowest BCUT2D eigenvalue weighted by Crippen LogP contribution is -2.43. The highest BCUT2D eigenvalue weighted by Gasteiger charge is 2.28. The number of carbonyl (C=O) groups is 1. The molecule has 1 saturated heterocycles. The Kier molecular flexibility index (Phi) is 6.66. The van der Waals surface area contributed by atoms with E-state index < -0.39 is 10.0 Å². The van der Waals surface area contributed by atoms with Crippen LogP contribution in [-0.2, 0) is 14.8 Å². The molecule has 4 rings (SSSR count). The van der Waals surface area contributed by atoms with Gasteiger partial charge in [0.2, 0.25) is 10.0 Å². The molecule has 31 heavy (non-hydrogen) atoms. The Morgan fingerprint density at radius 1 is 1.13 bits per heavy atom. The minimum absolute atomic E-state index is 0.0111. The summed E-state index contributed by atoms with van der Waals surface area (Å²) >= 11 is 0. The van der Waals surface area contributed by atoms with Crippen LogP contribution in [0, 0.1) is 5.82 Å². The van der Waals surface area contributed by atoms with Crippen molar-refractivity contribution < 1.29 is 22.3 Å². The summed E-state index contributed by atoms with van der Waals surface area (Å²) in [6.45, 7) is 2.77. The molecule has 2 aromatic carbocycles. The lowest BCUT2D eigenvalue weighted by atomic mass is 10.0. The topological polar surface area (TPSA) is 87.7 Å². The van der Waals surface area contributed by atoms with Crippen molar-refractivity contribution in [1.82, 2.24) is 14.9 Å². The van der Waals surface area contributed by atoms with E-state index in [-0.39, 0.29) is 40.8 Å². The van der Waals surface area contributed by atoms with E-state index in [0.29, 0.717) is 26.3 Å². The maximum atomic E-state index is 13.8. The summed E-state index contributed by atoms with van der Waals surface area (Å²) < 4.78 is 46.8. The van der Waals surface area contributed by atoms with Crippen LogP contribution in [0.2, 0.25) is 0 Å². The molecule has 0 radical (unpaired) electrons. The van der Waals surface area contributed by atoms with Gasteiger partial charge in [-0.2, -0.15) is 0 Å². The fraction of sp³-hybridized carbons (Fsp3) is 0.409. The molecule has 1 aliphatic carbocycles. The number of hydrogen-bond acceptors (Lipinski definition) is 5. The lowest BCUT2D eigenvalue weighted by Gasteiger charge is -2.35. The van der Waals surface area contributed by atoms with Gasteiger partial charge in [0.1, 0.15) is 5.82 Å². The van der Waals surface area contributed by atoms with Gasteiger partial charge in [0.05, 0.1) is 24.2 Å². The minimum Gasteiger partial charge on any atom is -0.379 e. The average molecular weight is 448 g/mol. The molecule has 1 amide bonds. The molecule has 7 nitrogen and oxygen atoms in total. The number of amides is 1. The van der Waals surface area contributed by atoms with Crippen LogP contribution < -0.4 is 10.0 Å². The van der Waals surface area contributed by atoms with E-state index in [9.17, 15) is 17.6 Å². The number of hydrogen-bond donors (Lipinski definition) is 2. The first kappa shape index (κ1) is 21.9. The van der Waals surface area contributed by atoms with Crippen molar-refractivity contribution in [1.29, 1.82) is 0 Å². The summed E-state index contributed by atoms with van der Waals surface area (Å²) in [7, 11) is -3.64. The number of ether oxygens (including phenoxy) is 1. The Labute approximate surface area is 181 Å². The summed E-state index contributed by atoms with van der Waals surface area (Å²) in [4.78, 5) is 15.0. The van der Waals surface area contributed by atoms with Crippen LogP contribution in [0.4, 0.5) is 4.39 Å². The molecule has 0 spiro atoms. The predicted octanol–water partition coefficient (Wildman–Crippen LogP) is 2.07. The van der Waals surface area contributed by atoms with Crippen molar-refractivity contribution in [2.75, 3.05) is 32.8 Å². The third kappa shape index (κ3) is 5.68. The molecule has 9 heteroatoms. The zero-order valence-electron chi connectivity index (χ0n) is 17.1. The number of halogens is 1. The summed E-state index contributed by atoms with van der Waals surface area (Å²) in [5.74, 6) is -0.707. The molecular weight excluding hydrogens is 421 g/mol. The molecule has 166 valence electrons. The highest BCUT2D eigenvalue weighted by molar-refractivity contribution is 7.89. The molecule has 2 fully saturated rings. The van der Waals surface area contributed by atoms with E-state index in [4.69, 9.17) is 4.74 Å². The van der Waals surface area contributed by atoms with E-state index in [1.165, 1.54) is 24.3 Å². The van der Waals surface area contributed by atoms with Gasteiger partial charge in [-0.1, -0.05) is 18.2 Å². The fourth-order valence-corrected chi connectivity index (χ4v) is 5.00. The Balaban J connectivity index is 1.48. The third-order valence-electron chi connectivity index (χ3n) is 5.48. The second-order valence-corrected chi connectivity index (χ2v) is 9.57. The second kappa shape index (κ2) is 9.44. The van der Waals surface area contributed by atoms with Gasteiger partial charge >= 0.3 is 0 Å². The average Bonchev–Trinajstić information content (AvgIpc) is 3.58. The third-order valence-corrected chi connectivity index (χ3v) is 7.00. The van der Waals surface area contributed by atoms with Gasteiger partial charge < -0.3 is 10.1 Å². The van der Waals surface area contributed by atoms with Gasteiger partial charge in [-0.3, -0.25) is 9.69 Å². The number of nitrogens with zero attached hydrogens (tertiary/aromatic N) is 1. The Bertz CT molecular complexity index is 1040. The van der Waals surface area contributed by atoms with Crippen LogP contribution in [-0.4, -0.2) is 58.1 Å². The van der Waals surface area contributed by atoms with Crippen molar-refractivity contribution in [3.05, 3.63) is 65.5 Å². The summed E-state index contributed by atoms with van der Waals surface area (Å²) in [5, 5.41) is 2.89. The number of nitrogens with one attached hydrogen (secondary N) is 2. The number of benzene rings is 2. The van der Waals surface area contributed by atoms with Gasteiger partial charge in [0.25, 0.3) is 5.91 Å². The van der Waals surface area contributed by atoms with E-state index in [2.05, 4.69) is 14.9 Å². The number of morpholine rings is 1. The molecular formula is C22H26FN3O4S. The smallest absolute Gasteiger partial charge is 0.251 e. The SMILES string of the molecule is O=C(NCC(c1cccc(F)c1)N1CCOCC1)c1cccc(S(=O)(=O)NC2CC2)c1. The molecule has 1 aliphatic heterocycles. The second-order valence-electron chi connectivity index (χ2n) is 7.85. The first-order valence-electron chi connectivity index (χ1n) is 10.4. The fourth-order valence-electron chi connectivity index (χ4n) is 3.65. The largest absolute Gasteiger partial charge is 0.379 e. The first-order valence-corrected chi connectivity index (χ1v) is 11.9. The number of carbonyl (C=O) groups excluding carboxylic acids is 1.